The minimum atomic E-state index is -3.09. The van der Waals surface area contributed by atoms with Gasteiger partial charge in [0.25, 0.3) is 0 Å². The minimum Gasteiger partial charge on any atom is -0.305 e. The molecule has 0 heterocycles. The van der Waals surface area contributed by atoms with Crippen molar-refractivity contribution in [2.24, 2.45) is 0 Å². The average molecular weight is 213 g/mol. The molecule has 1 rings (SSSR count). The van der Waals surface area contributed by atoms with E-state index >= 15 is 0 Å². The molecular weight excluding hydrogens is 199 g/mol. The summed E-state index contributed by atoms with van der Waals surface area (Å²) < 4.78 is 22.5. The second-order valence-corrected chi connectivity index (χ2v) is 4.62. The predicted octanol–water partition coefficient (Wildman–Crippen LogP) is 2.38. The van der Waals surface area contributed by atoms with Crippen LogP contribution in [0, 0.1) is 6.07 Å². The van der Waals surface area contributed by atoms with Gasteiger partial charge < -0.3 is 9.05 Å². The highest BCUT2D eigenvalue weighted by Crippen LogP contribution is 2.46. The summed E-state index contributed by atoms with van der Waals surface area (Å²) in [6, 6.07) is 9.65. The fourth-order valence-electron chi connectivity index (χ4n) is 1.09. The summed E-state index contributed by atoms with van der Waals surface area (Å²) in [5.74, 6) is 0. The average Bonchev–Trinajstić information content (AvgIpc) is 2.20. The van der Waals surface area contributed by atoms with E-state index in [4.69, 9.17) is 9.05 Å². The van der Waals surface area contributed by atoms with Gasteiger partial charge in [0.1, 0.15) is 0 Å². The van der Waals surface area contributed by atoms with E-state index < -0.39 is 7.60 Å². The van der Waals surface area contributed by atoms with E-state index in [0.29, 0.717) is 18.5 Å². The zero-order valence-electron chi connectivity index (χ0n) is 8.40. The molecule has 77 valence electrons. The molecule has 0 saturated carbocycles. The Labute approximate surface area is 84.6 Å². The molecule has 0 fully saturated rings. The second kappa shape index (κ2) is 5.30. The number of hydrogen-bond acceptors (Lipinski definition) is 3. The van der Waals surface area contributed by atoms with Crippen LogP contribution in [0.4, 0.5) is 0 Å². The van der Waals surface area contributed by atoms with E-state index in [0.717, 1.165) is 0 Å². The summed E-state index contributed by atoms with van der Waals surface area (Å²) in [5, 5.41) is 0.583. The van der Waals surface area contributed by atoms with E-state index in [2.05, 4.69) is 6.07 Å². The maximum Gasteiger partial charge on any atom is 0.361 e. The first-order valence-corrected chi connectivity index (χ1v) is 6.13. The molecule has 0 aromatic heterocycles. The van der Waals surface area contributed by atoms with Crippen LogP contribution in [0.2, 0.25) is 0 Å². The van der Waals surface area contributed by atoms with Crippen molar-refractivity contribution in [2.75, 3.05) is 13.2 Å². The van der Waals surface area contributed by atoms with Crippen LogP contribution in [0.5, 0.6) is 0 Å². The van der Waals surface area contributed by atoms with Gasteiger partial charge in [-0.15, -0.1) is 0 Å². The Morgan fingerprint density at radius 3 is 2.14 bits per heavy atom. The molecule has 0 bridgehead atoms. The van der Waals surface area contributed by atoms with Crippen molar-refractivity contribution in [2.45, 2.75) is 13.8 Å². The molecule has 0 aliphatic heterocycles. The number of rotatable bonds is 5. The Balaban J connectivity index is 2.94. The van der Waals surface area contributed by atoms with Crippen molar-refractivity contribution >= 4 is 12.9 Å². The van der Waals surface area contributed by atoms with Gasteiger partial charge in [0, 0.05) is 0 Å². The molecule has 0 aliphatic rings. The summed E-state index contributed by atoms with van der Waals surface area (Å²) in [4.78, 5) is 0. The highest BCUT2D eigenvalue weighted by Gasteiger charge is 2.25. The molecule has 1 aromatic rings. The van der Waals surface area contributed by atoms with E-state index in [-0.39, 0.29) is 0 Å². The van der Waals surface area contributed by atoms with Gasteiger partial charge in [-0.05, 0) is 32.0 Å². The normalized spacial score (nSPS) is 11.6. The van der Waals surface area contributed by atoms with Crippen LogP contribution in [0.15, 0.2) is 24.3 Å². The van der Waals surface area contributed by atoms with Gasteiger partial charge in [-0.1, -0.05) is 12.1 Å². The fraction of sp³-hybridized carbons (Fsp3) is 0.400. The molecule has 0 saturated heterocycles. The standard InChI is InChI=1S/C10H14O3P/c1-3-12-14(11,13-4-2)10-8-6-5-7-9-10/h6-9H,3-4H2,1-2H3. The lowest BCUT2D eigenvalue weighted by atomic mass is 10.4. The largest absolute Gasteiger partial charge is 0.361 e. The minimum absolute atomic E-state index is 0.371. The number of benzene rings is 1. The van der Waals surface area contributed by atoms with E-state index in [1.54, 1.807) is 38.1 Å². The van der Waals surface area contributed by atoms with Crippen molar-refractivity contribution in [1.82, 2.24) is 0 Å². The molecule has 0 N–H and O–H groups in total. The third-order valence-electron chi connectivity index (χ3n) is 1.61. The smallest absolute Gasteiger partial charge is 0.305 e. The molecule has 0 amide bonds. The van der Waals surface area contributed by atoms with Crippen LogP contribution < -0.4 is 5.30 Å². The second-order valence-electron chi connectivity index (χ2n) is 2.59. The molecule has 1 radical (unpaired) electrons. The van der Waals surface area contributed by atoms with Crippen LogP contribution in [-0.2, 0) is 13.6 Å². The van der Waals surface area contributed by atoms with Gasteiger partial charge in [0.05, 0.1) is 18.5 Å². The van der Waals surface area contributed by atoms with Crippen molar-refractivity contribution in [3.8, 4) is 0 Å². The van der Waals surface area contributed by atoms with Crippen LogP contribution in [0.1, 0.15) is 13.8 Å². The first-order valence-electron chi connectivity index (χ1n) is 4.58. The zero-order chi connectivity index (χ0) is 10.4. The highest BCUT2D eigenvalue weighted by molar-refractivity contribution is 7.62. The first-order chi connectivity index (χ1) is 6.73. The third kappa shape index (κ3) is 2.68. The summed E-state index contributed by atoms with van der Waals surface area (Å²) in [5.41, 5.74) is 0. The van der Waals surface area contributed by atoms with E-state index in [1.165, 1.54) is 0 Å². The molecule has 3 nitrogen and oxygen atoms in total. The van der Waals surface area contributed by atoms with Gasteiger partial charge >= 0.3 is 7.60 Å². The highest BCUT2D eigenvalue weighted by atomic mass is 31.2. The van der Waals surface area contributed by atoms with Gasteiger partial charge in [0.2, 0.25) is 0 Å². The summed E-state index contributed by atoms with van der Waals surface area (Å²) in [7, 11) is -3.09. The predicted molar refractivity (Wildman–Crippen MR) is 55.8 cm³/mol. The third-order valence-corrected chi connectivity index (χ3v) is 3.74. The lowest BCUT2D eigenvalue weighted by Gasteiger charge is -2.16. The number of hydrogen-bond donors (Lipinski definition) is 0. The topological polar surface area (TPSA) is 35.5 Å². The quantitative estimate of drug-likeness (QED) is 0.704. The van der Waals surface area contributed by atoms with Crippen LogP contribution >= 0.6 is 7.60 Å². The Morgan fingerprint density at radius 2 is 1.71 bits per heavy atom. The van der Waals surface area contributed by atoms with Gasteiger partial charge in [-0.2, -0.15) is 0 Å². The molecule has 4 heteroatoms. The van der Waals surface area contributed by atoms with E-state index in [9.17, 15) is 4.57 Å². The molecule has 0 aliphatic carbocycles. The molecule has 0 atom stereocenters. The van der Waals surface area contributed by atoms with Crippen molar-refractivity contribution in [3.63, 3.8) is 0 Å². The van der Waals surface area contributed by atoms with Gasteiger partial charge in [-0.25, -0.2) is 0 Å². The molecule has 1 aromatic carbocycles. The first kappa shape index (κ1) is 11.4. The van der Waals surface area contributed by atoms with Crippen LogP contribution in [-0.4, -0.2) is 13.2 Å². The van der Waals surface area contributed by atoms with Crippen LogP contribution in [0.3, 0.4) is 0 Å². The van der Waals surface area contributed by atoms with E-state index in [1.807, 2.05) is 0 Å². The maximum atomic E-state index is 12.2. The zero-order valence-corrected chi connectivity index (χ0v) is 9.29. The SMILES string of the molecule is CCOP(=O)(OCC)c1cc[c]cc1. The molecule has 0 spiro atoms. The monoisotopic (exact) mass is 213 g/mol. The summed E-state index contributed by atoms with van der Waals surface area (Å²) in [6.07, 6.45) is 0. The van der Waals surface area contributed by atoms with Crippen molar-refractivity contribution < 1.29 is 13.6 Å². The van der Waals surface area contributed by atoms with Crippen LogP contribution in [0.25, 0.3) is 0 Å². The lowest BCUT2D eigenvalue weighted by Crippen LogP contribution is -2.09. The molecule has 14 heavy (non-hydrogen) atoms. The summed E-state index contributed by atoms with van der Waals surface area (Å²) in [6.45, 7) is 4.33. The fourth-order valence-corrected chi connectivity index (χ4v) is 2.65. The Bertz CT molecular complexity index is 300. The Kier molecular flexibility index (Phi) is 4.33. The summed E-state index contributed by atoms with van der Waals surface area (Å²) >= 11 is 0. The maximum absolute atomic E-state index is 12.2. The molecular formula is C10H14O3P. The lowest BCUT2D eigenvalue weighted by molar-refractivity contribution is 0.230. The Morgan fingerprint density at radius 1 is 1.21 bits per heavy atom. The van der Waals surface area contributed by atoms with Gasteiger partial charge in [0.15, 0.2) is 0 Å². The Hall–Kier alpha value is -0.630. The molecule has 0 unspecified atom stereocenters. The van der Waals surface area contributed by atoms with Crippen molar-refractivity contribution in [3.05, 3.63) is 30.3 Å². The van der Waals surface area contributed by atoms with Gasteiger partial charge in [-0.3, -0.25) is 4.57 Å². The van der Waals surface area contributed by atoms with Crippen molar-refractivity contribution in [1.29, 1.82) is 0 Å².